The van der Waals surface area contributed by atoms with E-state index in [1.807, 2.05) is 37.4 Å². The van der Waals surface area contributed by atoms with Crippen molar-refractivity contribution in [3.8, 4) is 0 Å². The van der Waals surface area contributed by atoms with Crippen LogP contribution in [0.25, 0.3) is 0 Å². The van der Waals surface area contributed by atoms with Crippen LogP contribution in [-0.4, -0.2) is 13.1 Å². The van der Waals surface area contributed by atoms with E-state index in [9.17, 15) is 4.79 Å². The summed E-state index contributed by atoms with van der Waals surface area (Å²) in [5.41, 5.74) is 2.87. The molecule has 2 rings (SSSR count). The van der Waals surface area contributed by atoms with Gasteiger partial charge in [-0.25, -0.2) is 4.79 Å². The number of carbonyl (C=O) groups is 1. The molecule has 106 valence electrons. The van der Waals surface area contributed by atoms with Crippen LogP contribution < -0.4 is 16.0 Å². The second kappa shape index (κ2) is 6.77. The minimum atomic E-state index is -0.236. The van der Waals surface area contributed by atoms with E-state index >= 15 is 0 Å². The Morgan fingerprint density at radius 3 is 2.60 bits per heavy atom. The van der Waals surface area contributed by atoms with Crippen molar-refractivity contribution in [2.45, 2.75) is 19.5 Å². The second-order valence-electron chi connectivity index (χ2n) is 4.57. The molecule has 0 aliphatic rings. The first-order valence-corrected chi connectivity index (χ1v) is 6.52. The predicted octanol–water partition coefficient (Wildman–Crippen LogP) is 2.88. The van der Waals surface area contributed by atoms with Gasteiger partial charge < -0.3 is 20.4 Å². The molecule has 1 atom stereocenters. The van der Waals surface area contributed by atoms with Gasteiger partial charge in [-0.15, -0.1) is 0 Å². The molecular formula is C15H19N3O2. The average Bonchev–Trinajstić information content (AvgIpc) is 2.98. The highest BCUT2D eigenvalue weighted by Gasteiger charge is 2.04. The van der Waals surface area contributed by atoms with Crippen LogP contribution in [0.5, 0.6) is 0 Å². The van der Waals surface area contributed by atoms with E-state index in [0.717, 1.165) is 11.3 Å². The minimum absolute atomic E-state index is 0.236. The van der Waals surface area contributed by atoms with E-state index in [1.54, 1.807) is 12.5 Å². The van der Waals surface area contributed by atoms with Crippen LogP contribution in [0.3, 0.4) is 0 Å². The van der Waals surface area contributed by atoms with Crippen LogP contribution >= 0.6 is 0 Å². The van der Waals surface area contributed by atoms with Gasteiger partial charge in [0, 0.05) is 23.8 Å². The van der Waals surface area contributed by atoms with Gasteiger partial charge in [-0.2, -0.15) is 0 Å². The Hall–Kier alpha value is -2.27. The molecule has 5 heteroatoms. The average molecular weight is 273 g/mol. The molecule has 2 aromatic rings. The lowest BCUT2D eigenvalue weighted by Gasteiger charge is -2.12. The monoisotopic (exact) mass is 273 g/mol. The molecule has 0 aliphatic heterocycles. The summed E-state index contributed by atoms with van der Waals surface area (Å²) in [5, 5.41) is 8.72. The first-order valence-electron chi connectivity index (χ1n) is 6.52. The Morgan fingerprint density at radius 2 is 2.00 bits per heavy atom. The van der Waals surface area contributed by atoms with Crippen molar-refractivity contribution in [1.82, 2.24) is 10.6 Å². The van der Waals surface area contributed by atoms with Gasteiger partial charge >= 0.3 is 6.03 Å². The standard InChI is InChI=1S/C15H19N3O2/c1-11(16-2)13-3-5-14(6-4-13)18-15(19)17-9-12-7-8-20-10-12/h3-8,10-11,16H,9H2,1-2H3,(H2,17,18,19). The number of hydrogen-bond acceptors (Lipinski definition) is 3. The maximum Gasteiger partial charge on any atom is 0.319 e. The van der Waals surface area contributed by atoms with Crippen molar-refractivity contribution < 1.29 is 9.21 Å². The van der Waals surface area contributed by atoms with Crippen molar-refractivity contribution in [3.63, 3.8) is 0 Å². The smallest absolute Gasteiger partial charge is 0.319 e. The summed E-state index contributed by atoms with van der Waals surface area (Å²) in [6.07, 6.45) is 3.19. The molecule has 3 N–H and O–H groups in total. The first-order chi connectivity index (χ1) is 9.69. The van der Waals surface area contributed by atoms with Crippen molar-refractivity contribution in [3.05, 3.63) is 54.0 Å². The zero-order valence-corrected chi connectivity index (χ0v) is 11.6. The highest BCUT2D eigenvalue weighted by molar-refractivity contribution is 5.89. The van der Waals surface area contributed by atoms with Gasteiger partial charge in [0.25, 0.3) is 0 Å². The maximum absolute atomic E-state index is 11.7. The van der Waals surface area contributed by atoms with E-state index in [0.29, 0.717) is 12.6 Å². The van der Waals surface area contributed by atoms with Gasteiger partial charge in [0.2, 0.25) is 0 Å². The molecule has 5 nitrogen and oxygen atoms in total. The van der Waals surface area contributed by atoms with Crippen LogP contribution in [-0.2, 0) is 6.54 Å². The normalized spacial score (nSPS) is 11.9. The summed E-state index contributed by atoms with van der Waals surface area (Å²) < 4.78 is 4.93. The molecule has 0 saturated heterocycles. The largest absolute Gasteiger partial charge is 0.472 e. The van der Waals surface area contributed by atoms with Gasteiger partial charge in [0.1, 0.15) is 0 Å². The van der Waals surface area contributed by atoms with Gasteiger partial charge in [-0.3, -0.25) is 0 Å². The summed E-state index contributed by atoms with van der Waals surface area (Å²) in [6, 6.07) is 9.63. The Labute approximate surface area is 118 Å². The summed E-state index contributed by atoms with van der Waals surface area (Å²) in [4.78, 5) is 11.7. The molecule has 0 fully saturated rings. The van der Waals surface area contributed by atoms with Crippen molar-refractivity contribution in [1.29, 1.82) is 0 Å². The summed E-state index contributed by atoms with van der Waals surface area (Å²) in [6.45, 7) is 2.53. The third-order valence-electron chi connectivity index (χ3n) is 3.13. The zero-order chi connectivity index (χ0) is 14.4. The van der Waals surface area contributed by atoms with Crippen molar-refractivity contribution in [2.75, 3.05) is 12.4 Å². The Balaban J connectivity index is 1.84. The molecule has 2 amide bonds. The Morgan fingerprint density at radius 1 is 1.25 bits per heavy atom. The molecule has 1 unspecified atom stereocenters. The highest BCUT2D eigenvalue weighted by atomic mass is 16.3. The van der Waals surface area contributed by atoms with E-state index in [2.05, 4.69) is 22.9 Å². The molecule has 1 aromatic heterocycles. The number of amides is 2. The fourth-order valence-corrected chi connectivity index (χ4v) is 1.77. The van der Waals surface area contributed by atoms with Crippen molar-refractivity contribution in [2.24, 2.45) is 0 Å². The number of carbonyl (C=O) groups excluding carboxylic acids is 1. The molecule has 0 spiro atoms. The number of furan rings is 1. The van der Waals surface area contributed by atoms with Crippen LogP contribution in [0.1, 0.15) is 24.1 Å². The highest BCUT2D eigenvalue weighted by Crippen LogP contribution is 2.15. The summed E-state index contributed by atoms with van der Waals surface area (Å²) in [7, 11) is 1.92. The predicted molar refractivity (Wildman–Crippen MR) is 78.5 cm³/mol. The molecule has 0 aliphatic carbocycles. The minimum Gasteiger partial charge on any atom is -0.472 e. The third-order valence-corrected chi connectivity index (χ3v) is 3.13. The molecular weight excluding hydrogens is 254 g/mol. The third kappa shape index (κ3) is 3.86. The van der Waals surface area contributed by atoms with E-state index in [-0.39, 0.29) is 6.03 Å². The molecule has 1 heterocycles. The van der Waals surface area contributed by atoms with E-state index in [4.69, 9.17) is 4.42 Å². The molecule has 20 heavy (non-hydrogen) atoms. The summed E-state index contributed by atoms with van der Waals surface area (Å²) >= 11 is 0. The molecule has 0 saturated carbocycles. The SMILES string of the molecule is CNC(C)c1ccc(NC(=O)NCc2ccoc2)cc1. The number of benzene rings is 1. The van der Waals surface area contributed by atoms with Gasteiger partial charge in [-0.1, -0.05) is 12.1 Å². The first kappa shape index (κ1) is 14.1. The van der Waals surface area contributed by atoms with Crippen LogP contribution in [0.4, 0.5) is 10.5 Å². The van der Waals surface area contributed by atoms with Crippen molar-refractivity contribution >= 4 is 11.7 Å². The Bertz CT molecular complexity index is 535. The van der Waals surface area contributed by atoms with Gasteiger partial charge in [-0.05, 0) is 37.7 Å². The zero-order valence-electron chi connectivity index (χ0n) is 11.6. The number of rotatable bonds is 5. The van der Waals surface area contributed by atoms with Gasteiger partial charge in [0.15, 0.2) is 0 Å². The lowest BCUT2D eigenvalue weighted by atomic mass is 10.1. The maximum atomic E-state index is 11.7. The topological polar surface area (TPSA) is 66.3 Å². The summed E-state index contributed by atoms with van der Waals surface area (Å²) in [5.74, 6) is 0. The molecule has 0 bridgehead atoms. The second-order valence-corrected chi connectivity index (χ2v) is 4.57. The lowest BCUT2D eigenvalue weighted by Crippen LogP contribution is -2.28. The number of hydrogen-bond donors (Lipinski definition) is 3. The Kier molecular flexibility index (Phi) is 4.79. The number of urea groups is 1. The molecule has 1 aromatic carbocycles. The molecule has 0 radical (unpaired) electrons. The fraction of sp³-hybridized carbons (Fsp3) is 0.267. The van der Waals surface area contributed by atoms with Gasteiger partial charge in [0.05, 0.1) is 12.5 Å². The van der Waals surface area contributed by atoms with Crippen LogP contribution in [0, 0.1) is 0 Å². The number of anilines is 1. The fourth-order valence-electron chi connectivity index (χ4n) is 1.77. The van der Waals surface area contributed by atoms with Crippen LogP contribution in [0.2, 0.25) is 0 Å². The van der Waals surface area contributed by atoms with E-state index < -0.39 is 0 Å². The lowest BCUT2D eigenvalue weighted by molar-refractivity contribution is 0.251. The number of nitrogens with one attached hydrogen (secondary N) is 3. The van der Waals surface area contributed by atoms with E-state index in [1.165, 1.54) is 5.56 Å². The van der Waals surface area contributed by atoms with Crippen LogP contribution in [0.15, 0.2) is 47.3 Å². The quantitative estimate of drug-likeness (QED) is 0.784.